The van der Waals surface area contributed by atoms with Crippen LogP contribution in [-0.4, -0.2) is 46.3 Å². The van der Waals surface area contributed by atoms with Crippen LogP contribution < -0.4 is 16.1 Å². The number of aliphatic carboxylic acids is 1. The zero-order chi connectivity index (χ0) is 30.0. The van der Waals surface area contributed by atoms with Crippen LogP contribution in [0.3, 0.4) is 0 Å². The number of aromatic nitrogens is 1. The minimum Gasteiger partial charge on any atom is -0.479 e. The second-order valence-corrected chi connectivity index (χ2v) is 12.5. The Morgan fingerprint density at radius 2 is 1.65 bits per heavy atom. The number of alkyl carbamates (subject to hydrolysis) is 1. The number of carbonyl (C=O) groups excluding carboxylic acids is 2. The van der Waals surface area contributed by atoms with Crippen molar-refractivity contribution in [3.05, 3.63) is 78.1 Å². The van der Waals surface area contributed by atoms with Gasteiger partial charge in [0.1, 0.15) is 11.6 Å². The lowest BCUT2D eigenvalue weighted by atomic mass is 9.55. The van der Waals surface area contributed by atoms with Gasteiger partial charge >= 0.3 is 12.1 Å². The van der Waals surface area contributed by atoms with Gasteiger partial charge < -0.3 is 25.5 Å². The largest absolute Gasteiger partial charge is 0.479 e. The zero-order valence-corrected chi connectivity index (χ0v) is 24.2. The Labute approximate surface area is 250 Å². The van der Waals surface area contributed by atoms with Gasteiger partial charge in [0.05, 0.1) is 5.70 Å². The third-order valence-corrected chi connectivity index (χ3v) is 9.29. The molecule has 2 aromatic carbocycles. The molecule has 4 bridgehead atoms. The molecule has 4 fully saturated rings. The number of carbonyl (C=O) groups is 3. The van der Waals surface area contributed by atoms with E-state index in [2.05, 4.69) is 21.1 Å². The highest BCUT2D eigenvalue weighted by molar-refractivity contribution is 5.92. The molecule has 0 saturated heterocycles. The van der Waals surface area contributed by atoms with E-state index in [4.69, 9.17) is 14.7 Å². The van der Waals surface area contributed by atoms with Gasteiger partial charge in [-0.3, -0.25) is 15.1 Å². The summed E-state index contributed by atoms with van der Waals surface area (Å²) in [5.74, 6) is 0.683. The first-order chi connectivity index (χ1) is 20.8. The van der Waals surface area contributed by atoms with E-state index < -0.39 is 30.1 Å². The number of hydroxylamine groups is 1. The number of para-hydroxylation sites is 1. The maximum absolute atomic E-state index is 13.9. The Hall–Kier alpha value is -4.31. The van der Waals surface area contributed by atoms with Crippen LogP contribution >= 0.6 is 0 Å². The monoisotopic (exact) mass is 586 g/mol. The van der Waals surface area contributed by atoms with Crippen LogP contribution in [0.15, 0.2) is 67.0 Å². The number of benzene rings is 2. The molecule has 0 aliphatic heterocycles. The van der Waals surface area contributed by atoms with Crippen LogP contribution in [0.4, 0.5) is 4.79 Å². The lowest BCUT2D eigenvalue weighted by Gasteiger charge is -2.53. The molecule has 7 rings (SSSR count). The number of ether oxygens (including phenoxy) is 1. The Kier molecular flexibility index (Phi) is 8.12. The molecule has 5 N–H and O–H groups in total. The maximum atomic E-state index is 13.9. The number of carboxylic acid groups (broad SMARTS) is 1. The highest BCUT2D eigenvalue weighted by Crippen LogP contribution is 2.54. The molecule has 0 unspecified atom stereocenters. The first kappa shape index (κ1) is 28.8. The number of aromatic amines is 1. The third-order valence-electron chi connectivity index (χ3n) is 9.29. The lowest BCUT2D eigenvalue weighted by Crippen LogP contribution is -2.59. The lowest BCUT2D eigenvalue weighted by molar-refractivity contribution is -0.144. The van der Waals surface area contributed by atoms with E-state index in [1.165, 1.54) is 12.6 Å². The predicted molar refractivity (Wildman–Crippen MR) is 160 cm³/mol. The average molecular weight is 587 g/mol. The molecule has 10 heteroatoms. The van der Waals surface area contributed by atoms with Crippen LogP contribution in [0.1, 0.15) is 50.2 Å². The molecule has 0 spiro atoms. The summed E-state index contributed by atoms with van der Waals surface area (Å²) in [6, 6.07) is 16.9. The number of H-pyrrole nitrogens is 1. The molecule has 3 aromatic rings. The standard InChI is InChI=1S/C33H38N4O6/c1-33(16-25-17-34-27-10-6-5-9-26(25)27,36-32(41)43-30-23-12-20-11-21(14-23)15-24(30)13-20)31(40)35-18-28(37-42-19-29(38)39)22-7-3-2-4-8-22/h2-10,17-18,20-21,23-24,30,34,37H,11-16,19H2,1H3,(H,35,40)(H,36,41)(H,38,39)/t20?,21?,23?,24?,30?,33-/m1/s1. The predicted octanol–water partition coefficient (Wildman–Crippen LogP) is 4.74. The van der Waals surface area contributed by atoms with Crippen LogP contribution in [0, 0.1) is 23.7 Å². The van der Waals surface area contributed by atoms with E-state index in [0.717, 1.165) is 54.0 Å². The van der Waals surface area contributed by atoms with Crippen LogP contribution in [-0.2, 0) is 25.6 Å². The van der Waals surface area contributed by atoms with Crippen LogP contribution in [0.5, 0.6) is 0 Å². The summed E-state index contributed by atoms with van der Waals surface area (Å²) in [5, 5.41) is 15.7. The van der Waals surface area contributed by atoms with E-state index in [1.807, 2.05) is 48.7 Å². The Bertz CT molecular complexity index is 1490. The van der Waals surface area contributed by atoms with Gasteiger partial charge in [0.25, 0.3) is 0 Å². The van der Waals surface area contributed by atoms with Gasteiger partial charge in [-0.05, 0) is 74.3 Å². The van der Waals surface area contributed by atoms with Crippen LogP contribution in [0.2, 0.25) is 0 Å². The molecule has 2 amide bonds. The number of hydrogen-bond donors (Lipinski definition) is 5. The number of fused-ring (bicyclic) bond motifs is 1. The highest BCUT2D eigenvalue weighted by Gasteiger charge is 2.50. The van der Waals surface area contributed by atoms with Crippen molar-refractivity contribution >= 4 is 34.6 Å². The van der Waals surface area contributed by atoms with E-state index in [9.17, 15) is 14.4 Å². The average Bonchev–Trinajstić information content (AvgIpc) is 3.38. The topological polar surface area (TPSA) is 142 Å². The molecule has 1 aromatic heterocycles. The second-order valence-electron chi connectivity index (χ2n) is 12.5. The first-order valence-corrected chi connectivity index (χ1v) is 15.0. The quantitative estimate of drug-likeness (QED) is 0.204. The minimum atomic E-state index is -1.38. The number of nitrogens with one attached hydrogen (secondary N) is 4. The molecule has 4 aliphatic rings. The van der Waals surface area contributed by atoms with Crippen molar-refractivity contribution in [1.82, 2.24) is 21.1 Å². The van der Waals surface area contributed by atoms with Gasteiger partial charge in [-0.25, -0.2) is 9.59 Å². The Morgan fingerprint density at radius 3 is 2.35 bits per heavy atom. The number of carboxylic acids is 1. The van der Waals surface area contributed by atoms with Crippen LogP contribution in [0.25, 0.3) is 16.6 Å². The van der Waals surface area contributed by atoms with Crippen molar-refractivity contribution in [2.24, 2.45) is 23.7 Å². The summed E-state index contributed by atoms with van der Waals surface area (Å²) in [6.45, 7) is 1.11. The minimum absolute atomic E-state index is 0.117. The van der Waals surface area contributed by atoms with Gasteiger partial charge in [0.15, 0.2) is 6.61 Å². The van der Waals surface area contributed by atoms with Crippen molar-refractivity contribution in [2.45, 2.75) is 57.1 Å². The molecule has 1 atom stereocenters. The fourth-order valence-electron chi connectivity index (χ4n) is 7.55. The number of hydrogen-bond acceptors (Lipinski definition) is 6. The molecule has 4 saturated carbocycles. The normalized spacial score (nSPS) is 25.6. The van der Waals surface area contributed by atoms with Gasteiger partial charge in [0.2, 0.25) is 5.91 Å². The summed E-state index contributed by atoms with van der Waals surface area (Å²) in [7, 11) is 0. The number of rotatable bonds is 11. The van der Waals surface area contributed by atoms with Crippen molar-refractivity contribution in [1.29, 1.82) is 0 Å². The summed E-state index contributed by atoms with van der Waals surface area (Å²) >= 11 is 0. The first-order valence-electron chi connectivity index (χ1n) is 15.0. The SMILES string of the molecule is C[C@](Cc1c[nH]c2ccccc12)(NC(=O)OC1C2CC3CC(C2)CC1C3)C(=O)NC=C(NOCC(=O)O)c1ccccc1. The van der Waals surface area contributed by atoms with E-state index in [0.29, 0.717) is 23.1 Å². The smallest absolute Gasteiger partial charge is 0.408 e. The van der Waals surface area contributed by atoms with Crippen molar-refractivity contribution in [3.8, 4) is 0 Å². The molecule has 226 valence electrons. The fraction of sp³-hybridized carbons (Fsp3) is 0.424. The summed E-state index contributed by atoms with van der Waals surface area (Å²) < 4.78 is 6.11. The van der Waals surface area contributed by atoms with Crippen molar-refractivity contribution < 1.29 is 29.1 Å². The Morgan fingerprint density at radius 1 is 0.977 bits per heavy atom. The van der Waals surface area contributed by atoms with E-state index in [1.54, 1.807) is 19.1 Å². The molecule has 43 heavy (non-hydrogen) atoms. The molecular weight excluding hydrogens is 548 g/mol. The fourth-order valence-corrected chi connectivity index (χ4v) is 7.55. The molecule has 10 nitrogen and oxygen atoms in total. The highest BCUT2D eigenvalue weighted by atomic mass is 16.7. The molecule has 0 radical (unpaired) electrons. The maximum Gasteiger partial charge on any atom is 0.408 e. The summed E-state index contributed by atoms with van der Waals surface area (Å²) in [6.07, 6.45) is 8.53. The van der Waals surface area contributed by atoms with Gasteiger partial charge in [0, 0.05) is 35.3 Å². The third kappa shape index (κ3) is 6.39. The van der Waals surface area contributed by atoms with Gasteiger partial charge in [-0.2, -0.15) is 0 Å². The molecule has 4 aliphatic carbocycles. The second kappa shape index (κ2) is 12.1. The van der Waals surface area contributed by atoms with Crippen molar-refractivity contribution in [3.63, 3.8) is 0 Å². The van der Waals surface area contributed by atoms with Gasteiger partial charge in [-0.15, -0.1) is 0 Å². The summed E-state index contributed by atoms with van der Waals surface area (Å²) in [4.78, 5) is 46.7. The zero-order valence-electron chi connectivity index (χ0n) is 24.2. The Balaban J connectivity index is 1.22. The summed E-state index contributed by atoms with van der Waals surface area (Å²) in [5.41, 5.74) is 4.06. The van der Waals surface area contributed by atoms with Crippen molar-refractivity contribution in [2.75, 3.05) is 6.61 Å². The van der Waals surface area contributed by atoms with E-state index in [-0.39, 0.29) is 12.5 Å². The van der Waals surface area contributed by atoms with E-state index >= 15 is 0 Å². The molecule has 1 heterocycles. The van der Waals surface area contributed by atoms with Gasteiger partial charge in [-0.1, -0.05) is 48.5 Å². The number of amides is 2. The molecular formula is C33H38N4O6.